The number of hydrogen-bond donors (Lipinski definition) is 1. The topological polar surface area (TPSA) is 64.7 Å². The van der Waals surface area contributed by atoms with Gasteiger partial charge in [-0.3, -0.25) is 9.79 Å². The minimum Gasteiger partial charge on any atom is -0.471 e. The first-order valence-corrected chi connectivity index (χ1v) is 5.36. The number of carbonyl (C=O) groups excluding carboxylic acids is 1. The normalized spacial score (nSPS) is 22.4. The zero-order valence-corrected chi connectivity index (χ0v) is 9.59. The molecule has 0 saturated carbocycles. The molecule has 0 aliphatic carbocycles. The highest BCUT2D eigenvalue weighted by Gasteiger charge is 2.37. The molecule has 17 heavy (non-hydrogen) atoms. The Morgan fingerprint density at radius 3 is 2.82 bits per heavy atom. The van der Waals surface area contributed by atoms with Crippen molar-refractivity contribution in [1.29, 1.82) is 0 Å². The molecular weight excluding hydrogens is 216 g/mol. The maximum absolute atomic E-state index is 11.6. The zero-order valence-electron chi connectivity index (χ0n) is 9.59. The van der Waals surface area contributed by atoms with Gasteiger partial charge in [-0.05, 0) is 30.7 Å². The van der Waals surface area contributed by atoms with Gasteiger partial charge in [-0.1, -0.05) is 18.2 Å². The van der Waals surface area contributed by atoms with Crippen molar-refractivity contribution in [3.63, 3.8) is 0 Å². The van der Waals surface area contributed by atoms with Crippen LogP contribution in [0, 0.1) is 6.92 Å². The molecule has 2 N–H and O–H groups in total. The van der Waals surface area contributed by atoms with Gasteiger partial charge in [-0.2, -0.15) is 0 Å². The number of rotatable bonds is 3. The Labute approximate surface area is 99.8 Å². The predicted octanol–water partition coefficient (Wildman–Crippen LogP) is 1.24. The van der Waals surface area contributed by atoms with E-state index in [-0.39, 0.29) is 6.54 Å². The van der Waals surface area contributed by atoms with E-state index in [1.807, 2.05) is 31.2 Å². The molecule has 88 valence electrons. The Hall–Kier alpha value is -2.10. The molecule has 2 rings (SSSR count). The second kappa shape index (κ2) is 4.41. The Morgan fingerprint density at radius 2 is 2.24 bits per heavy atom. The van der Waals surface area contributed by atoms with Gasteiger partial charge in [0.15, 0.2) is 0 Å². The number of amides is 1. The van der Waals surface area contributed by atoms with Crippen LogP contribution in [0.25, 0.3) is 0 Å². The fraction of sp³-hybridized carbons (Fsp3) is 0.231. The van der Waals surface area contributed by atoms with Gasteiger partial charge in [-0.15, -0.1) is 0 Å². The van der Waals surface area contributed by atoms with E-state index in [9.17, 15) is 4.79 Å². The van der Waals surface area contributed by atoms with Gasteiger partial charge in [0.05, 0.1) is 6.54 Å². The summed E-state index contributed by atoms with van der Waals surface area (Å²) in [6.07, 6.45) is 4.95. The molecule has 0 fully saturated rings. The lowest BCUT2D eigenvalue weighted by Crippen LogP contribution is -2.50. The van der Waals surface area contributed by atoms with Gasteiger partial charge in [0.2, 0.25) is 5.60 Å². The van der Waals surface area contributed by atoms with Gasteiger partial charge in [0.1, 0.15) is 5.75 Å². The quantitative estimate of drug-likeness (QED) is 0.849. The number of primary amides is 1. The van der Waals surface area contributed by atoms with Crippen LogP contribution in [0.2, 0.25) is 0 Å². The van der Waals surface area contributed by atoms with E-state index in [0.717, 1.165) is 5.56 Å². The average molecular weight is 230 g/mol. The lowest BCUT2D eigenvalue weighted by atomic mass is 10.0. The number of para-hydroxylation sites is 1. The minimum atomic E-state index is -1.17. The standard InChI is InChI=1S/C13H14N2O2/c1-10-5-2-3-6-11(10)17-13(12(14)16)7-4-8-15-9-13/h2-8H,9H2,1H3,(H2,14,16). The van der Waals surface area contributed by atoms with Crippen LogP contribution in [0.4, 0.5) is 0 Å². The van der Waals surface area contributed by atoms with E-state index in [2.05, 4.69) is 4.99 Å². The molecule has 4 heteroatoms. The average Bonchev–Trinajstić information content (AvgIpc) is 2.33. The molecule has 0 aromatic heterocycles. The van der Waals surface area contributed by atoms with Crippen molar-refractivity contribution >= 4 is 12.1 Å². The summed E-state index contributed by atoms with van der Waals surface area (Å²) in [6.45, 7) is 2.13. The molecule has 1 aliphatic heterocycles. The number of allylic oxidation sites excluding steroid dienone is 1. The smallest absolute Gasteiger partial charge is 0.267 e. The fourth-order valence-electron chi connectivity index (χ4n) is 1.64. The van der Waals surface area contributed by atoms with Crippen molar-refractivity contribution in [3.05, 3.63) is 42.0 Å². The number of aliphatic imine (C=N–C) groups is 1. The molecule has 1 amide bonds. The summed E-state index contributed by atoms with van der Waals surface area (Å²) in [5, 5.41) is 0. The summed E-state index contributed by atoms with van der Waals surface area (Å²) in [5.41, 5.74) is 5.20. The summed E-state index contributed by atoms with van der Waals surface area (Å²) >= 11 is 0. The number of benzene rings is 1. The molecule has 0 radical (unpaired) electrons. The third-order valence-corrected chi connectivity index (χ3v) is 2.69. The predicted molar refractivity (Wildman–Crippen MR) is 66.2 cm³/mol. The maximum Gasteiger partial charge on any atom is 0.267 e. The van der Waals surface area contributed by atoms with E-state index in [0.29, 0.717) is 5.75 Å². The summed E-state index contributed by atoms with van der Waals surface area (Å²) < 4.78 is 5.76. The maximum atomic E-state index is 11.6. The molecule has 1 heterocycles. The molecule has 1 aromatic rings. The molecule has 1 aromatic carbocycles. The number of nitrogens with zero attached hydrogens (tertiary/aromatic N) is 1. The highest BCUT2D eigenvalue weighted by atomic mass is 16.5. The molecule has 1 unspecified atom stereocenters. The van der Waals surface area contributed by atoms with Crippen molar-refractivity contribution < 1.29 is 9.53 Å². The SMILES string of the molecule is Cc1ccccc1OC1(C(N)=O)C=CC=NC1. The first-order valence-electron chi connectivity index (χ1n) is 5.36. The molecule has 4 nitrogen and oxygen atoms in total. The lowest BCUT2D eigenvalue weighted by molar-refractivity contribution is -0.129. The van der Waals surface area contributed by atoms with Gasteiger partial charge in [-0.25, -0.2) is 0 Å². The molecule has 0 spiro atoms. The summed E-state index contributed by atoms with van der Waals surface area (Å²) in [4.78, 5) is 15.6. The Morgan fingerprint density at radius 1 is 1.47 bits per heavy atom. The van der Waals surface area contributed by atoms with Gasteiger partial charge in [0, 0.05) is 6.21 Å². The van der Waals surface area contributed by atoms with E-state index < -0.39 is 11.5 Å². The van der Waals surface area contributed by atoms with E-state index in [1.165, 1.54) is 0 Å². The van der Waals surface area contributed by atoms with Crippen molar-refractivity contribution in [1.82, 2.24) is 0 Å². The largest absolute Gasteiger partial charge is 0.471 e. The van der Waals surface area contributed by atoms with Crippen LogP contribution in [0.1, 0.15) is 5.56 Å². The van der Waals surface area contributed by atoms with E-state index >= 15 is 0 Å². The third kappa shape index (κ3) is 2.20. The van der Waals surface area contributed by atoms with Crippen molar-refractivity contribution in [2.75, 3.05) is 6.54 Å². The van der Waals surface area contributed by atoms with Crippen LogP contribution in [0.3, 0.4) is 0 Å². The highest BCUT2D eigenvalue weighted by Crippen LogP contribution is 2.24. The van der Waals surface area contributed by atoms with Gasteiger partial charge >= 0.3 is 0 Å². The number of nitrogens with two attached hydrogens (primary N) is 1. The fourth-order valence-corrected chi connectivity index (χ4v) is 1.64. The Kier molecular flexibility index (Phi) is 2.95. The number of aryl methyl sites for hydroxylation is 1. The molecular formula is C13H14N2O2. The van der Waals surface area contributed by atoms with Crippen LogP contribution in [0.5, 0.6) is 5.75 Å². The highest BCUT2D eigenvalue weighted by molar-refractivity contribution is 5.89. The minimum absolute atomic E-state index is 0.215. The van der Waals surface area contributed by atoms with Gasteiger partial charge in [0.25, 0.3) is 5.91 Å². The number of dihydropyridines is 1. The summed E-state index contributed by atoms with van der Waals surface area (Å²) in [5.74, 6) is 0.113. The van der Waals surface area contributed by atoms with Crippen molar-refractivity contribution in [2.45, 2.75) is 12.5 Å². The van der Waals surface area contributed by atoms with Crippen LogP contribution >= 0.6 is 0 Å². The molecule has 0 bridgehead atoms. The first kappa shape index (κ1) is 11.4. The van der Waals surface area contributed by atoms with Crippen molar-refractivity contribution in [2.24, 2.45) is 10.7 Å². The molecule has 1 atom stereocenters. The summed E-state index contributed by atoms with van der Waals surface area (Å²) in [6, 6.07) is 7.49. The number of ether oxygens (including phenoxy) is 1. The number of carbonyl (C=O) groups is 1. The van der Waals surface area contributed by atoms with Crippen molar-refractivity contribution in [3.8, 4) is 5.75 Å². The second-order valence-corrected chi connectivity index (χ2v) is 3.97. The van der Waals surface area contributed by atoms with Crippen LogP contribution in [-0.4, -0.2) is 24.3 Å². The summed E-state index contributed by atoms with van der Waals surface area (Å²) in [7, 11) is 0. The van der Waals surface area contributed by atoms with E-state index in [4.69, 9.17) is 10.5 Å². The second-order valence-electron chi connectivity index (χ2n) is 3.97. The van der Waals surface area contributed by atoms with Gasteiger partial charge < -0.3 is 10.5 Å². The molecule has 1 aliphatic rings. The zero-order chi connectivity index (χ0) is 12.3. The third-order valence-electron chi connectivity index (χ3n) is 2.69. The van der Waals surface area contributed by atoms with Crippen LogP contribution in [-0.2, 0) is 4.79 Å². The lowest BCUT2D eigenvalue weighted by Gasteiger charge is -2.28. The van der Waals surface area contributed by atoms with Crippen LogP contribution in [0.15, 0.2) is 41.4 Å². The van der Waals surface area contributed by atoms with E-state index in [1.54, 1.807) is 18.4 Å². The van der Waals surface area contributed by atoms with Crippen LogP contribution < -0.4 is 10.5 Å². The first-order chi connectivity index (χ1) is 8.14. The Bertz CT molecular complexity index is 494. The monoisotopic (exact) mass is 230 g/mol. The Balaban J connectivity index is 2.32. The number of hydrogen-bond acceptors (Lipinski definition) is 3. The molecule has 0 saturated heterocycles.